The van der Waals surface area contributed by atoms with E-state index in [1.54, 1.807) is 0 Å². The zero-order chi connectivity index (χ0) is 13.1. The lowest BCUT2D eigenvalue weighted by molar-refractivity contribution is -0.148. The lowest BCUT2D eigenvalue weighted by atomic mass is 10.1. The van der Waals surface area contributed by atoms with Crippen LogP contribution >= 0.6 is 0 Å². The Hall–Kier alpha value is -1.27. The molecule has 1 amide bonds. The van der Waals surface area contributed by atoms with Crippen LogP contribution in [0.25, 0.3) is 0 Å². The molecule has 0 aromatic rings. The molecule has 1 saturated heterocycles. The number of hydrogen-bond acceptors (Lipinski definition) is 2. The second-order valence-corrected chi connectivity index (χ2v) is 4.21. The van der Waals surface area contributed by atoms with Crippen molar-refractivity contribution >= 4 is 11.9 Å². The van der Waals surface area contributed by atoms with Crippen LogP contribution in [0.2, 0.25) is 0 Å². The quantitative estimate of drug-likeness (QED) is 0.828. The predicted octanol–water partition coefficient (Wildman–Crippen LogP) is 1.65. The van der Waals surface area contributed by atoms with Crippen molar-refractivity contribution in [2.24, 2.45) is 5.92 Å². The highest BCUT2D eigenvalue weighted by molar-refractivity contribution is 5.76. The summed E-state index contributed by atoms with van der Waals surface area (Å²) in [6.45, 7) is 0.609. The number of hydrogen-bond donors (Lipinski definition) is 1. The van der Waals surface area contributed by atoms with Crippen molar-refractivity contribution in [3.8, 4) is 0 Å². The Morgan fingerprint density at radius 3 is 2.53 bits per heavy atom. The molecule has 0 radical (unpaired) electrons. The van der Waals surface area contributed by atoms with E-state index < -0.39 is 30.9 Å². The number of likely N-dealkylation sites (tertiary alicyclic amines) is 1. The SMILES string of the molecule is O=C(O)CC1CCN(C(=O)CCC(F)(F)F)C1. The first kappa shape index (κ1) is 13.8. The predicted molar refractivity (Wildman–Crippen MR) is 52.2 cm³/mol. The monoisotopic (exact) mass is 253 g/mol. The molecule has 7 heteroatoms. The number of alkyl halides is 3. The van der Waals surface area contributed by atoms with Gasteiger partial charge in [0.15, 0.2) is 0 Å². The highest BCUT2D eigenvalue weighted by Gasteiger charge is 2.32. The molecule has 0 aliphatic carbocycles. The summed E-state index contributed by atoms with van der Waals surface area (Å²) in [7, 11) is 0. The highest BCUT2D eigenvalue weighted by Crippen LogP contribution is 2.24. The van der Waals surface area contributed by atoms with Crippen LogP contribution in [0.3, 0.4) is 0 Å². The van der Waals surface area contributed by atoms with Crippen LogP contribution in [-0.2, 0) is 9.59 Å². The van der Waals surface area contributed by atoms with Crippen LogP contribution in [0.15, 0.2) is 0 Å². The summed E-state index contributed by atoms with van der Waals surface area (Å²) in [5.41, 5.74) is 0. The van der Waals surface area contributed by atoms with E-state index in [0.717, 1.165) is 0 Å². The Bertz CT molecular complexity index is 304. The lowest BCUT2D eigenvalue weighted by Gasteiger charge is -2.16. The standard InChI is InChI=1S/C10H14F3NO3/c11-10(12,13)3-1-8(15)14-4-2-7(6-14)5-9(16)17/h7H,1-6H2,(H,16,17). The molecule has 1 atom stereocenters. The van der Waals surface area contributed by atoms with Gasteiger partial charge in [0.1, 0.15) is 0 Å². The smallest absolute Gasteiger partial charge is 0.389 e. The molecular formula is C10H14F3NO3. The fourth-order valence-electron chi connectivity index (χ4n) is 1.88. The highest BCUT2D eigenvalue weighted by atomic mass is 19.4. The Labute approximate surface area is 96.4 Å². The molecule has 0 aromatic heterocycles. The second kappa shape index (κ2) is 5.37. The van der Waals surface area contributed by atoms with E-state index in [1.807, 2.05) is 0 Å². The van der Waals surface area contributed by atoms with Crippen molar-refractivity contribution in [1.82, 2.24) is 4.90 Å². The number of halogens is 3. The fourth-order valence-corrected chi connectivity index (χ4v) is 1.88. The number of rotatable bonds is 4. The van der Waals surface area contributed by atoms with Gasteiger partial charge in [0, 0.05) is 25.9 Å². The summed E-state index contributed by atoms with van der Waals surface area (Å²) in [5, 5.41) is 8.56. The van der Waals surface area contributed by atoms with Gasteiger partial charge in [0.2, 0.25) is 5.91 Å². The molecule has 1 aliphatic heterocycles. The molecule has 1 fully saturated rings. The molecule has 1 unspecified atom stereocenters. The average molecular weight is 253 g/mol. The number of amides is 1. The summed E-state index contributed by atoms with van der Waals surface area (Å²) in [5.74, 6) is -1.63. The molecule has 1 heterocycles. The first-order chi connectivity index (χ1) is 7.78. The topological polar surface area (TPSA) is 57.6 Å². The molecule has 0 spiro atoms. The van der Waals surface area contributed by atoms with Crippen LogP contribution in [0.1, 0.15) is 25.7 Å². The summed E-state index contributed by atoms with van der Waals surface area (Å²) in [6.07, 6.45) is -5.49. The third kappa shape index (κ3) is 5.06. The van der Waals surface area contributed by atoms with Crippen molar-refractivity contribution in [2.75, 3.05) is 13.1 Å². The molecule has 1 aliphatic rings. The molecule has 4 nitrogen and oxygen atoms in total. The lowest BCUT2D eigenvalue weighted by Crippen LogP contribution is -2.29. The van der Waals surface area contributed by atoms with Crippen LogP contribution in [0.4, 0.5) is 13.2 Å². The maximum Gasteiger partial charge on any atom is 0.389 e. The molecule has 1 N–H and O–H groups in total. The van der Waals surface area contributed by atoms with Gasteiger partial charge >= 0.3 is 12.1 Å². The Morgan fingerprint density at radius 1 is 1.35 bits per heavy atom. The molecule has 0 saturated carbocycles. The van der Waals surface area contributed by atoms with Gasteiger partial charge in [0.05, 0.1) is 6.42 Å². The third-order valence-electron chi connectivity index (χ3n) is 2.72. The zero-order valence-electron chi connectivity index (χ0n) is 9.16. The number of carbonyl (C=O) groups excluding carboxylic acids is 1. The van der Waals surface area contributed by atoms with E-state index >= 15 is 0 Å². The Balaban J connectivity index is 2.33. The van der Waals surface area contributed by atoms with Gasteiger partial charge in [0.25, 0.3) is 0 Å². The van der Waals surface area contributed by atoms with Crippen molar-refractivity contribution in [2.45, 2.75) is 31.9 Å². The second-order valence-electron chi connectivity index (χ2n) is 4.21. The molecular weight excluding hydrogens is 239 g/mol. The molecule has 1 rings (SSSR count). The van der Waals surface area contributed by atoms with E-state index in [0.29, 0.717) is 13.0 Å². The summed E-state index contributed by atoms with van der Waals surface area (Å²) < 4.78 is 35.7. The van der Waals surface area contributed by atoms with Crippen molar-refractivity contribution in [1.29, 1.82) is 0 Å². The van der Waals surface area contributed by atoms with Crippen LogP contribution in [0, 0.1) is 5.92 Å². The molecule has 17 heavy (non-hydrogen) atoms. The van der Waals surface area contributed by atoms with Crippen molar-refractivity contribution in [3.63, 3.8) is 0 Å². The van der Waals surface area contributed by atoms with Gasteiger partial charge < -0.3 is 10.0 Å². The van der Waals surface area contributed by atoms with E-state index in [-0.39, 0.29) is 18.9 Å². The number of aliphatic carboxylic acids is 1. The number of carbonyl (C=O) groups is 2. The first-order valence-corrected chi connectivity index (χ1v) is 5.34. The average Bonchev–Trinajstić information content (AvgIpc) is 2.60. The maximum absolute atomic E-state index is 11.9. The summed E-state index contributed by atoms with van der Waals surface area (Å²) in [4.78, 5) is 23.2. The van der Waals surface area contributed by atoms with E-state index in [1.165, 1.54) is 4.90 Å². The van der Waals surface area contributed by atoms with Crippen LogP contribution in [0.5, 0.6) is 0 Å². The minimum absolute atomic E-state index is 0.0386. The molecule has 0 aromatic carbocycles. The van der Waals surface area contributed by atoms with Gasteiger partial charge in [-0.3, -0.25) is 9.59 Å². The molecule has 0 bridgehead atoms. The summed E-state index contributed by atoms with van der Waals surface area (Å²) >= 11 is 0. The third-order valence-corrected chi connectivity index (χ3v) is 2.72. The van der Waals surface area contributed by atoms with E-state index in [2.05, 4.69) is 0 Å². The number of carboxylic acids is 1. The van der Waals surface area contributed by atoms with Gasteiger partial charge in [-0.05, 0) is 12.3 Å². The first-order valence-electron chi connectivity index (χ1n) is 5.34. The minimum Gasteiger partial charge on any atom is -0.481 e. The van der Waals surface area contributed by atoms with Gasteiger partial charge in [-0.25, -0.2) is 0 Å². The Morgan fingerprint density at radius 2 is 2.00 bits per heavy atom. The Kier molecular flexibility index (Phi) is 4.36. The number of carboxylic acid groups (broad SMARTS) is 1. The van der Waals surface area contributed by atoms with Crippen LogP contribution < -0.4 is 0 Å². The van der Waals surface area contributed by atoms with Gasteiger partial charge in [-0.1, -0.05) is 0 Å². The van der Waals surface area contributed by atoms with Crippen molar-refractivity contribution < 1.29 is 27.9 Å². The maximum atomic E-state index is 11.9. The largest absolute Gasteiger partial charge is 0.481 e. The van der Waals surface area contributed by atoms with E-state index in [9.17, 15) is 22.8 Å². The fraction of sp³-hybridized carbons (Fsp3) is 0.800. The van der Waals surface area contributed by atoms with Crippen molar-refractivity contribution in [3.05, 3.63) is 0 Å². The number of nitrogens with zero attached hydrogens (tertiary/aromatic N) is 1. The minimum atomic E-state index is -4.32. The van der Waals surface area contributed by atoms with Crippen LogP contribution in [-0.4, -0.2) is 41.1 Å². The molecule has 98 valence electrons. The summed E-state index contributed by atoms with van der Waals surface area (Å²) in [6, 6.07) is 0. The van der Waals surface area contributed by atoms with Gasteiger partial charge in [-0.2, -0.15) is 13.2 Å². The van der Waals surface area contributed by atoms with Gasteiger partial charge in [-0.15, -0.1) is 0 Å². The zero-order valence-corrected chi connectivity index (χ0v) is 9.16. The van der Waals surface area contributed by atoms with E-state index in [4.69, 9.17) is 5.11 Å². The normalized spacial score (nSPS) is 20.6.